The van der Waals surface area contributed by atoms with Crippen molar-refractivity contribution in [1.82, 2.24) is 5.32 Å². The van der Waals surface area contributed by atoms with E-state index in [0.29, 0.717) is 16.8 Å². The first-order chi connectivity index (χ1) is 13.8. The Bertz CT molecular complexity index is 1120. The number of sulfonamides is 1. The highest BCUT2D eigenvalue weighted by atomic mass is 32.2. The molecule has 1 amide bonds. The number of halogens is 2. The third-order valence-corrected chi connectivity index (χ3v) is 5.64. The molecule has 150 valence electrons. The molecular formula is C21H18F2N2O3S. The fraction of sp³-hybridized carbons (Fsp3) is 0.0952. The monoisotopic (exact) mass is 416 g/mol. The lowest BCUT2D eigenvalue weighted by molar-refractivity contribution is 0.0940. The first-order valence-electron chi connectivity index (χ1n) is 8.70. The molecule has 0 heterocycles. The van der Waals surface area contributed by atoms with Crippen molar-refractivity contribution < 1.29 is 22.0 Å². The Labute approximate surface area is 167 Å². The Hall–Kier alpha value is -3.26. The van der Waals surface area contributed by atoms with Gasteiger partial charge in [-0.3, -0.25) is 9.52 Å². The number of rotatable bonds is 6. The molecular weight excluding hydrogens is 398 g/mol. The largest absolute Gasteiger partial charge is 0.346 e. The maximum absolute atomic E-state index is 13.4. The molecule has 0 spiro atoms. The molecule has 0 aliphatic heterocycles. The van der Waals surface area contributed by atoms with Crippen molar-refractivity contribution in [3.05, 3.63) is 95.6 Å². The number of amides is 1. The summed E-state index contributed by atoms with van der Waals surface area (Å²) in [7, 11) is -3.73. The summed E-state index contributed by atoms with van der Waals surface area (Å²) in [5, 5.41) is 2.69. The number of anilines is 1. The van der Waals surface area contributed by atoms with Gasteiger partial charge < -0.3 is 5.32 Å². The van der Waals surface area contributed by atoms with E-state index in [1.165, 1.54) is 42.5 Å². The van der Waals surface area contributed by atoms with E-state index in [2.05, 4.69) is 10.0 Å². The van der Waals surface area contributed by atoms with Crippen molar-refractivity contribution >= 4 is 21.6 Å². The maximum atomic E-state index is 13.4. The summed E-state index contributed by atoms with van der Waals surface area (Å²) in [5.74, 6) is -2.38. The quantitative estimate of drug-likeness (QED) is 0.631. The molecule has 0 aliphatic carbocycles. The zero-order chi connectivity index (χ0) is 21.0. The van der Waals surface area contributed by atoms with Gasteiger partial charge in [0.15, 0.2) is 11.6 Å². The minimum atomic E-state index is -3.73. The molecule has 5 nitrogen and oxygen atoms in total. The predicted molar refractivity (Wildman–Crippen MR) is 106 cm³/mol. The van der Waals surface area contributed by atoms with Crippen molar-refractivity contribution in [3.63, 3.8) is 0 Å². The molecule has 0 aliphatic rings. The van der Waals surface area contributed by atoms with E-state index in [4.69, 9.17) is 0 Å². The van der Waals surface area contributed by atoms with Crippen LogP contribution in [0.5, 0.6) is 0 Å². The average Bonchev–Trinajstić information content (AvgIpc) is 2.71. The second-order valence-electron chi connectivity index (χ2n) is 6.36. The summed E-state index contributed by atoms with van der Waals surface area (Å²) < 4.78 is 53.5. The van der Waals surface area contributed by atoms with E-state index in [1.54, 1.807) is 25.1 Å². The van der Waals surface area contributed by atoms with Gasteiger partial charge in [0.05, 0.1) is 10.9 Å². The van der Waals surface area contributed by atoms with Crippen molar-refractivity contribution in [2.45, 2.75) is 17.9 Å². The molecule has 0 bridgehead atoms. The van der Waals surface area contributed by atoms with Crippen molar-refractivity contribution in [2.24, 2.45) is 0 Å². The van der Waals surface area contributed by atoms with E-state index in [-0.39, 0.29) is 4.90 Å². The zero-order valence-electron chi connectivity index (χ0n) is 15.4. The normalized spacial score (nSPS) is 12.2. The lowest BCUT2D eigenvalue weighted by atomic mass is 10.1. The Morgan fingerprint density at radius 1 is 0.897 bits per heavy atom. The van der Waals surface area contributed by atoms with Crippen LogP contribution in [-0.2, 0) is 10.0 Å². The van der Waals surface area contributed by atoms with Crippen LogP contribution < -0.4 is 10.0 Å². The number of carbonyl (C=O) groups excluding carboxylic acids is 1. The fourth-order valence-corrected chi connectivity index (χ4v) is 3.73. The molecule has 0 fully saturated rings. The van der Waals surface area contributed by atoms with Crippen LogP contribution in [0.15, 0.2) is 77.7 Å². The molecule has 3 rings (SSSR count). The lowest BCUT2D eigenvalue weighted by Gasteiger charge is -2.15. The standard InChI is InChI=1S/C21H18F2N2O3S/c1-14(16-9-12-19(22)20(23)13-16)24-21(26)15-7-10-17(11-8-15)25-29(27,28)18-5-3-2-4-6-18/h2-14,25H,1H3,(H,24,26). The molecule has 3 aromatic rings. The van der Waals surface area contributed by atoms with E-state index >= 15 is 0 Å². The van der Waals surface area contributed by atoms with Gasteiger partial charge in [-0.05, 0) is 61.0 Å². The highest BCUT2D eigenvalue weighted by Crippen LogP contribution is 2.19. The minimum Gasteiger partial charge on any atom is -0.346 e. The topological polar surface area (TPSA) is 75.3 Å². The van der Waals surface area contributed by atoms with Crippen LogP contribution in [0.4, 0.5) is 14.5 Å². The highest BCUT2D eigenvalue weighted by Gasteiger charge is 2.15. The van der Waals surface area contributed by atoms with Crippen LogP contribution in [0.3, 0.4) is 0 Å². The van der Waals surface area contributed by atoms with Crippen LogP contribution in [0.1, 0.15) is 28.9 Å². The molecule has 0 saturated carbocycles. The Morgan fingerprint density at radius 2 is 1.55 bits per heavy atom. The Kier molecular flexibility index (Phi) is 5.93. The van der Waals surface area contributed by atoms with Gasteiger partial charge in [-0.15, -0.1) is 0 Å². The Morgan fingerprint density at radius 3 is 2.17 bits per heavy atom. The molecule has 1 atom stereocenters. The molecule has 0 saturated heterocycles. The number of hydrogen-bond acceptors (Lipinski definition) is 3. The van der Waals surface area contributed by atoms with Gasteiger partial charge in [0.25, 0.3) is 15.9 Å². The second-order valence-corrected chi connectivity index (χ2v) is 8.05. The van der Waals surface area contributed by atoms with Crippen molar-refractivity contribution in [3.8, 4) is 0 Å². The lowest BCUT2D eigenvalue weighted by Crippen LogP contribution is -2.26. The van der Waals surface area contributed by atoms with Crippen LogP contribution >= 0.6 is 0 Å². The van der Waals surface area contributed by atoms with E-state index in [9.17, 15) is 22.0 Å². The molecule has 1 unspecified atom stereocenters. The third kappa shape index (κ3) is 4.97. The SMILES string of the molecule is CC(NC(=O)c1ccc(NS(=O)(=O)c2ccccc2)cc1)c1ccc(F)c(F)c1. The summed E-state index contributed by atoms with van der Waals surface area (Å²) >= 11 is 0. The van der Waals surface area contributed by atoms with Crippen LogP contribution in [0, 0.1) is 11.6 Å². The molecule has 29 heavy (non-hydrogen) atoms. The number of nitrogens with one attached hydrogen (secondary N) is 2. The summed E-state index contributed by atoms with van der Waals surface area (Å²) in [4.78, 5) is 12.5. The van der Waals surface area contributed by atoms with Crippen molar-refractivity contribution in [1.29, 1.82) is 0 Å². The van der Waals surface area contributed by atoms with Gasteiger partial charge in [0.2, 0.25) is 0 Å². The summed E-state index contributed by atoms with van der Waals surface area (Å²) in [6.07, 6.45) is 0. The highest BCUT2D eigenvalue weighted by molar-refractivity contribution is 7.92. The Balaban J connectivity index is 1.68. The molecule has 0 radical (unpaired) electrons. The van der Waals surface area contributed by atoms with Gasteiger partial charge in [0.1, 0.15) is 0 Å². The van der Waals surface area contributed by atoms with Crippen LogP contribution in [0.25, 0.3) is 0 Å². The molecule has 0 aromatic heterocycles. The first kappa shape index (κ1) is 20.5. The van der Waals surface area contributed by atoms with Gasteiger partial charge in [-0.2, -0.15) is 0 Å². The number of benzene rings is 3. The molecule has 2 N–H and O–H groups in total. The molecule has 8 heteroatoms. The van der Waals surface area contributed by atoms with E-state index < -0.39 is 33.6 Å². The zero-order valence-corrected chi connectivity index (χ0v) is 16.2. The smallest absolute Gasteiger partial charge is 0.261 e. The van der Waals surface area contributed by atoms with Gasteiger partial charge in [-0.1, -0.05) is 24.3 Å². The number of hydrogen-bond donors (Lipinski definition) is 2. The van der Waals surface area contributed by atoms with E-state index in [0.717, 1.165) is 12.1 Å². The van der Waals surface area contributed by atoms with Gasteiger partial charge in [-0.25, -0.2) is 17.2 Å². The van der Waals surface area contributed by atoms with Crippen molar-refractivity contribution in [2.75, 3.05) is 4.72 Å². The number of carbonyl (C=O) groups is 1. The van der Waals surface area contributed by atoms with Crippen LogP contribution in [0.2, 0.25) is 0 Å². The minimum absolute atomic E-state index is 0.127. The third-order valence-electron chi connectivity index (χ3n) is 4.24. The molecule has 3 aromatic carbocycles. The van der Waals surface area contributed by atoms with Gasteiger partial charge in [0, 0.05) is 11.3 Å². The average molecular weight is 416 g/mol. The summed E-state index contributed by atoms with van der Waals surface area (Å²) in [5.41, 5.74) is 1.02. The summed E-state index contributed by atoms with van der Waals surface area (Å²) in [6, 6.07) is 16.7. The van der Waals surface area contributed by atoms with Crippen LogP contribution in [-0.4, -0.2) is 14.3 Å². The fourth-order valence-electron chi connectivity index (χ4n) is 2.65. The van der Waals surface area contributed by atoms with Gasteiger partial charge >= 0.3 is 0 Å². The maximum Gasteiger partial charge on any atom is 0.261 e. The summed E-state index contributed by atoms with van der Waals surface area (Å²) in [6.45, 7) is 1.65. The van der Waals surface area contributed by atoms with E-state index in [1.807, 2.05) is 0 Å². The second kappa shape index (κ2) is 8.40. The predicted octanol–water partition coefficient (Wildman–Crippen LogP) is 4.26. The first-order valence-corrected chi connectivity index (χ1v) is 10.2.